The van der Waals surface area contributed by atoms with Gasteiger partial charge < -0.3 is 20.1 Å². The van der Waals surface area contributed by atoms with Gasteiger partial charge in [-0.25, -0.2) is 4.98 Å². The van der Waals surface area contributed by atoms with Crippen LogP contribution in [0.25, 0.3) is 21.1 Å². The number of hydrogen-bond acceptors (Lipinski definition) is 8. The summed E-state index contributed by atoms with van der Waals surface area (Å²) >= 11 is 1.08. The predicted molar refractivity (Wildman–Crippen MR) is 175 cm³/mol. The van der Waals surface area contributed by atoms with E-state index in [-0.39, 0.29) is 10.8 Å². The number of amides is 1. The Balaban J connectivity index is 1.18. The third kappa shape index (κ3) is 6.41. The van der Waals surface area contributed by atoms with Crippen molar-refractivity contribution in [1.29, 1.82) is 5.26 Å². The van der Waals surface area contributed by atoms with Crippen LogP contribution in [0, 0.1) is 30.1 Å². The summed E-state index contributed by atoms with van der Waals surface area (Å²) in [6, 6.07) is 9.99. The Morgan fingerprint density at radius 3 is 2.67 bits per heavy atom. The van der Waals surface area contributed by atoms with Gasteiger partial charge in [0, 0.05) is 67.7 Å². The summed E-state index contributed by atoms with van der Waals surface area (Å²) in [4.78, 5) is 26.5. The second-order valence-electron chi connectivity index (χ2n) is 12.3. The van der Waals surface area contributed by atoms with Crippen LogP contribution in [0.3, 0.4) is 0 Å². The SMILES string of the molecule is C=C(Cn1c(C#N)cc2c(C)c(CN3CC4CCN(c5nc(NC)nc6sc(CC(F)(F)F)cc56)CC4C3)ccc21)NC(=O)CC. The number of carbonyl (C=O) groups is 1. The lowest BCUT2D eigenvalue weighted by molar-refractivity contribution is -0.126. The topological polar surface area (TPSA) is 102 Å². The molecule has 2 aliphatic rings. The fourth-order valence-corrected chi connectivity index (χ4v) is 7.95. The molecule has 2 atom stereocenters. The molecular formula is C33H37F3N8OS. The lowest BCUT2D eigenvalue weighted by Gasteiger charge is -2.35. The zero-order valence-corrected chi connectivity index (χ0v) is 27.0. The van der Waals surface area contributed by atoms with Crippen LogP contribution in [-0.2, 0) is 24.3 Å². The number of nitrogens with one attached hydrogen (secondary N) is 2. The summed E-state index contributed by atoms with van der Waals surface area (Å²) in [5.41, 5.74) is 4.32. The number of halogens is 3. The van der Waals surface area contributed by atoms with Crippen LogP contribution in [0.15, 0.2) is 36.5 Å². The second-order valence-corrected chi connectivity index (χ2v) is 13.4. The Hall–Kier alpha value is -4.15. The summed E-state index contributed by atoms with van der Waals surface area (Å²) in [7, 11) is 1.72. The molecule has 242 valence electrons. The molecule has 46 heavy (non-hydrogen) atoms. The highest BCUT2D eigenvalue weighted by Gasteiger charge is 2.38. The molecule has 2 fully saturated rings. The zero-order valence-electron chi connectivity index (χ0n) is 26.2. The van der Waals surface area contributed by atoms with Gasteiger partial charge in [-0.15, -0.1) is 11.3 Å². The molecule has 3 aromatic heterocycles. The first-order chi connectivity index (χ1) is 22.0. The Bertz CT molecular complexity index is 1860. The third-order valence-corrected chi connectivity index (χ3v) is 10.2. The highest BCUT2D eigenvalue weighted by Crippen LogP contribution is 2.39. The molecule has 5 heterocycles. The molecule has 6 rings (SSSR count). The zero-order chi connectivity index (χ0) is 32.7. The Morgan fingerprint density at radius 2 is 1.96 bits per heavy atom. The van der Waals surface area contributed by atoms with Crippen molar-refractivity contribution in [1.82, 2.24) is 24.8 Å². The summed E-state index contributed by atoms with van der Waals surface area (Å²) in [6.07, 6.45) is -3.91. The van der Waals surface area contributed by atoms with Gasteiger partial charge in [0.15, 0.2) is 0 Å². The van der Waals surface area contributed by atoms with Crippen LogP contribution in [-0.4, -0.2) is 64.7 Å². The van der Waals surface area contributed by atoms with Gasteiger partial charge in [-0.1, -0.05) is 19.6 Å². The molecular weight excluding hydrogens is 613 g/mol. The van der Waals surface area contributed by atoms with Gasteiger partial charge in [-0.2, -0.15) is 23.4 Å². The Morgan fingerprint density at radius 1 is 1.17 bits per heavy atom. The van der Waals surface area contributed by atoms with Gasteiger partial charge in [0.25, 0.3) is 0 Å². The number of allylic oxidation sites excluding steroid dienone is 1. The number of fused-ring (bicyclic) bond motifs is 3. The van der Waals surface area contributed by atoms with Crippen LogP contribution >= 0.6 is 11.3 Å². The van der Waals surface area contributed by atoms with E-state index in [0.717, 1.165) is 66.9 Å². The van der Waals surface area contributed by atoms with Gasteiger partial charge >= 0.3 is 6.18 Å². The van der Waals surface area contributed by atoms with E-state index in [4.69, 9.17) is 4.98 Å². The standard InChI is InChI=1S/C33H37F3N8OS/c1-5-29(45)39-19(2)14-44-24(13-37)10-26-20(3)21(6-7-28(26)44)15-42-16-22-8-9-43(18-23(22)17-42)30-27-11-25(12-33(34,35)36)46-31(27)41-32(38-4)40-30/h6-7,10-11,22-23H,2,5,8-9,12,14-18H2,1,3-4H3,(H,39,45)(H,38,40,41). The quantitative estimate of drug-likeness (QED) is 0.230. The van der Waals surface area contributed by atoms with E-state index in [1.807, 2.05) is 16.7 Å². The molecule has 0 radical (unpaired) electrons. The van der Waals surface area contributed by atoms with Crippen molar-refractivity contribution in [3.05, 3.63) is 58.2 Å². The summed E-state index contributed by atoms with van der Waals surface area (Å²) < 4.78 is 41.4. The van der Waals surface area contributed by atoms with Gasteiger partial charge in [0.2, 0.25) is 11.9 Å². The average Bonchev–Trinajstić information content (AvgIpc) is 3.71. The summed E-state index contributed by atoms with van der Waals surface area (Å²) in [5.74, 6) is 1.94. The van der Waals surface area contributed by atoms with E-state index >= 15 is 0 Å². The minimum Gasteiger partial charge on any atom is -0.357 e. The highest BCUT2D eigenvalue weighted by molar-refractivity contribution is 7.18. The maximum atomic E-state index is 13.2. The molecule has 1 aromatic carbocycles. The molecule has 1 amide bonds. The van der Waals surface area contributed by atoms with Crippen molar-refractivity contribution < 1.29 is 18.0 Å². The number of rotatable bonds is 9. The van der Waals surface area contributed by atoms with Crippen LogP contribution in [0.5, 0.6) is 0 Å². The van der Waals surface area contributed by atoms with E-state index < -0.39 is 12.6 Å². The molecule has 0 saturated carbocycles. The monoisotopic (exact) mass is 650 g/mol. The molecule has 2 aliphatic heterocycles. The number of nitrogens with zero attached hydrogens (tertiary/aromatic N) is 6. The number of likely N-dealkylation sites (tertiary alicyclic amines) is 1. The Kier molecular flexibility index (Phi) is 8.69. The van der Waals surface area contributed by atoms with Gasteiger partial charge in [0.05, 0.1) is 18.4 Å². The fourth-order valence-electron chi connectivity index (χ4n) is 6.89. The minimum absolute atomic E-state index is 0.109. The number of nitriles is 1. The first kappa shape index (κ1) is 31.8. The molecule has 0 aliphatic carbocycles. The molecule has 13 heteroatoms. The molecule has 0 spiro atoms. The van der Waals surface area contributed by atoms with Crippen molar-refractivity contribution >= 4 is 50.1 Å². The molecule has 2 N–H and O–H groups in total. The number of alkyl halides is 3. The summed E-state index contributed by atoms with van der Waals surface area (Å²) in [6.45, 7) is 12.4. The minimum atomic E-state index is -4.28. The van der Waals surface area contributed by atoms with Crippen LogP contribution in [0.1, 0.15) is 41.5 Å². The largest absolute Gasteiger partial charge is 0.393 e. The van der Waals surface area contributed by atoms with Crippen molar-refractivity contribution in [3.63, 3.8) is 0 Å². The second kappa shape index (κ2) is 12.6. The fraction of sp³-hybridized carbons (Fsp3) is 0.455. The van der Waals surface area contributed by atoms with Crippen LogP contribution in [0.2, 0.25) is 0 Å². The molecule has 9 nitrogen and oxygen atoms in total. The molecule has 0 bridgehead atoms. The maximum Gasteiger partial charge on any atom is 0.393 e. The van der Waals surface area contributed by atoms with Gasteiger partial charge in [-0.3, -0.25) is 9.69 Å². The predicted octanol–water partition coefficient (Wildman–Crippen LogP) is 5.97. The number of benzene rings is 1. The summed E-state index contributed by atoms with van der Waals surface area (Å²) in [5, 5.41) is 17.3. The number of thiophene rings is 1. The van der Waals surface area contributed by atoms with Crippen LogP contribution < -0.4 is 15.5 Å². The molecule has 2 unspecified atom stereocenters. The lowest BCUT2D eigenvalue weighted by atomic mass is 9.88. The van der Waals surface area contributed by atoms with Gasteiger partial charge in [0.1, 0.15) is 22.4 Å². The first-order valence-corrected chi connectivity index (χ1v) is 16.3. The van der Waals surface area contributed by atoms with Gasteiger partial charge in [-0.05, 0) is 54.5 Å². The Labute approximate surface area is 269 Å². The van der Waals surface area contributed by atoms with Crippen molar-refractivity contribution in [3.8, 4) is 6.07 Å². The van der Waals surface area contributed by atoms with Crippen molar-refractivity contribution in [2.45, 2.75) is 52.4 Å². The number of aryl methyl sites for hydroxylation is 1. The number of anilines is 2. The first-order valence-electron chi connectivity index (χ1n) is 15.5. The normalized spacial score (nSPS) is 18.6. The third-order valence-electron chi connectivity index (χ3n) is 9.16. The number of hydrogen-bond donors (Lipinski definition) is 2. The van der Waals surface area contributed by atoms with E-state index in [1.165, 1.54) is 5.56 Å². The van der Waals surface area contributed by atoms with E-state index in [2.05, 4.69) is 51.1 Å². The van der Waals surface area contributed by atoms with Crippen molar-refractivity contribution in [2.75, 3.05) is 43.4 Å². The lowest BCUT2D eigenvalue weighted by Crippen LogP contribution is -2.40. The van der Waals surface area contributed by atoms with E-state index in [0.29, 0.717) is 58.2 Å². The number of piperidine rings is 1. The van der Waals surface area contributed by atoms with E-state index in [9.17, 15) is 23.2 Å². The van der Waals surface area contributed by atoms with Crippen molar-refractivity contribution in [2.24, 2.45) is 11.8 Å². The average molecular weight is 651 g/mol. The maximum absolute atomic E-state index is 13.2. The molecule has 2 saturated heterocycles. The molecule has 4 aromatic rings. The smallest absolute Gasteiger partial charge is 0.357 e. The van der Waals surface area contributed by atoms with Crippen LogP contribution in [0.4, 0.5) is 24.9 Å². The van der Waals surface area contributed by atoms with E-state index in [1.54, 1.807) is 20.0 Å². The highest BCUT2D eigenvalue weighted by atomic mass is 32.1. The number of aromatic nitrogens is 3. The number of carbonyl (C=O) groups excluding carboxylic acids is 1.